The van der Waals surface area contributed by atoms with E-state index in [4.69, 9.17) is 0 Å². The average molecular weight is 367 g/mol. The smallest absolute Gasteiger partial charge is 0.225 e. The summed E-state index contributed by atoms with van der Waals surface area (Å²) in [5.74, 6) is -0.418. The average Bonchev–Trinajstić information content (AvgIpc) is 2.68. The monoisotopic (exact) mass is 367 g/mol. The summed E-state index contributed by atoms with van der Waals surface area (Å²) in [4.78, 5) is 16.8. The SMILES string of the molecule is O=C(CCN1CCN(C/C=C\c2ccccc2)CC1)Nc1cccc(F)c1. The van der Waals surface area contributed by atoms with Gasteiger partial charge >= 0.3 is 0 Å². The van der Waals surface area contributed by atoms with E-state index in [1.807, 2.05) is 18.2 Å². The van der Waals surface area contributed by atoms with E-state index in [2.05, 4.69) is 39.4 Å². The van der Waals surface area contributed by atoms with Crippen molar-refractivity contribution in [2.75, 3.05) is 44.6 Å². The molecule has 2 aromatic rings. The fourth-order valence-corrected chi connectivity index (χ4v) is 3.15. The minimum atomic E-state index is -0.342. The summed E-state index contributed by atoms with van der Waals surface area (Å²) in [6.45, 7) is 5.62. The van der Waals surface area contributed by atoms with Gasteiger partial charge in [0, 0.05) is 51.4 Å². The van der Waals surface area contributed by atoms with Crippen molar-refractivity contribution in [2.45, 2.75) is 6.42 Å². The van der Waals surface area contributed by atoms with Crippen LogP contribution < -0.4 is 5.32 Å². The van der Waals surface area contributed by atoms with Crippen LogP contribution in [0.4, 0.5) is 10.1 Å². The van der Waals surface area contributed by atoms with Crippen LogP contribution in [-0.2, 0) is 4.79 Å². The van der Waals surface area contributed by atoms with Crippen LogP contribution in [0.2, 0.25) is 0 Å². The number of nitrogens with one attached hydrogen (secondary N) is 1. The highest BCUT2D eigenvalue weighted by Crippen LogP contribution is 2.10. The molecule has 1 N–H and O–H groups in total. The highest BCUT2D eigenvalue weighted by molar-refractivity contribution is 5.90. The molecule has 27 heavy (non-hydrogen) atoms. The molecule has 3 rings (SSSR count). The number of carbonyl (C=O) groups excluding carboxylic acids is 1. The molecule has 142 valence electrons. The number of amides is 1. The molecule has 1 saturated heterocycles. The van der Waals surface area contributed by atoms with Crippen molar-refractivity contribution < 1.29 is 9.18 Å². The first-order valence-electron chi connectivity index (χ1n) is 9.41. The first kappa shape index (κ1) is 19.3. The van der Waals surface area contributed by atoms with Crippen molar-refractivity contribution in [1.82, 2.24) is 9.80 Å². The van der Waals surface area contributed by atoms with Gasteiger partial charge in [0.2, 0.25) is 5.91 Å². The Kier molecular flexibility index (Phi) is 7.13. The third-order valence-electron chi connectivity index (χ3n) is 4.70. The van der Waals surface area contributed by atoms with Crippen LogP contribution in [0.5, 0.6) is 0 Å². The van der Waals surface area contributed by atoms with Gasteiger partial charge in [-0.25, -0.2) is 4.39 Å². The highest BCUT2D eigenvalue weighted by Gasteiger charge is 2.16. The van der Waals surface area contributed by atoms with Gasteiger partial charge in [-0.15, -0.1) is 0 Å². The zero-order valence-electron chi connectivity index (χ0n) is 15.5. The van der Waals surface area contributed by atoms with Crippen LogP contribution in [-0.4, -0.2) is 55.0 Å². The standard InChI is InChI=1S/C22H26FN3O/c23-20-9-4-10-21(18-20)24-22(27)11-13-26-16-14-25(15-17-26)12-5-8-19-6-2-1-3-7-19/h1-10,18H,11-17H2,(H,24,27)/b8-5-. The normalized spacial score (nSPS) is 15.9. The van der Waals surface area contributed by atoms with Crippen LogP contribution in [0, 0.1) is 5.82 Å². The predicted octanol–water partition coefficient (Wildman–Crippen LogP) is 3.49. The van der Waals surface area contributed by atoms with Crippen molar-refractivity contribution in [2.24, 2.45) is 0 Å². The maximum Gasteiger partial charge on any atom is 0.225 e. The van der Waals surface area contributed by atoms with Crippen LogP contribution in [0.25, 0.3) is 6.08 Å². The minimum Gasteiger partial charge on any atom is -0.326 e. The summed E-state index contributed by atoms with van der Waals surface area (Å²) in [6.07, 6.45) is 4.78. The quantitative estimate of drug-likeness (QED) is 0.814. The van der Waals surface area contributed by atoms with E-state index in [0.717, 1.165) is 39.3 Å². The molecule has 0 aliphatic carbocycles. The number of rotatable bonds is 7. The van der Waals surface area contributed by atoms with Crippen molar-refractivity contribution >= 4 is 17.7 Å². The molecule has 0 radical (unpaired) electrons. The maximum absolute atomic E-state index is 13.1. The van der Waals surface area contributed by atoms with E-state index in [1.54, 1.807) is 12.1 Å². The van der Waals surface area contributed by atoms with E-state index in [0.29, 0.717) is 12.1 Å². The van der Waals surface area contributed by atoms with E-state index in [-0.39, 0.29) is 11.7 Å². The summed E-state index contributed by atoms with van der Waals surface area (Å²) in [5, 5.41) is 2.75. The Balaban J connectivity index is 1.33. The van der Waals surface area contributed by atoms with Crippen molar-refractivity contribution in [3.05, 3.63) is 72.1 Å². The van der Waals surface area contributed by atoms with Gasteiger partial charge < -0.3 is 10.2 Å². The second-order valence-corrected chi connectivity index (χ2v) is 6.76. The van der Waals surface area contributed by atoms with E-state index in [9.17, 15) is 9.18 Å². The Morgan fingerprint density at radius 3 is 2.48 bits per heavy atom. The van der Waals surface area contributed by atoms with E-state index in [1.165, 1.54) is 17.7 Å². The van der Waals surface area contributed by atoms with Gasteiger partial charge in [-0.3, -0.25) is 9.69 Å². The lowest BCUT2D eigenvalue weighted by Crippen LogP contribution is -2.46. The molecule has 0 spiro atoms. The minimum absolute atomic E-state index is 0.0752. The third kappa shape index (κ3) is 6.62. The van der Waals surface area contributed by atoms with Crippen LogP contribution >= 0.6 is 0 Å². The van der Waals surface area contributed by atoms with Gasteiger partial charge in [0.25, 0.3) is 0 Å². The lowest BCUT2D eigenvalue weighted by molar-refractivity contribution is -0.116. The Morgan fingerprint density at radius 2 is 1.74 bits per heavy atom. The number of piperazine rings is 1. The molecular weight excluding hydrogens is 341 g/mol. The molecule has 1 fully saturated rings. The maximum atomic E-state index is 13.1. The second kappa shape index (κ2) is 10.00. The first-order chi connectivity index (χ1) is 13.2. The fourth-order valence-electron chi connectivity index (χ4n) is 3.15. The lowest BCUT2D eigenvalue weighted by Gasteiger charge is -2.34. The number of carbonyl (C=O) groups is 1. The molecule has 0 aromatic heterocycles. The van der Waals surface area contributed by atoms with Gasteiger partial charge in [0.15, 0.2) is 0 Å². The molecule has 1 aliphatic rings. The molecule has 2 aromatic carbocycles. The van der Waals surface area contributed by atoms with Gasteiger partial charge in [0.05, 0.1) is 0 Å². The van der Waals surface area contributed by atoms with Crippen molar-refractivity contribution in [3.63, 3.8) is 0 Å². The Morgan fingerprint density at radius 1 is 1.00 bits per heavy atom. The predicted molar refractivity (Wildman–Crippen MR) is 108 cm³/mol. The largest absolute Gasteiger partial charge is 0.326 e. The molecule has 0 bridgehead atoms. The Hall–Kier alpha value is -2.50. The zero-order chi connectivity index (χ0) is 18.9. The fraction of sp³-hybridized carbons (Fsp3) is 0.318. The van der Waals surface area contributed by atoms with Crippen molar-refractivity contribution in [1.29, 1.82) is 0 Å². The second-order valence-electron chi connectivity index (χ2n) is 6.76. The zero-order valence-corrected chi connectivity index (χ0v) is 15.5. The van der Waals surface area contributed by atoms with Gasteiger partial charge in [-0.05, 0) is 23.8 Å². The topological polar surface area (TPSA) is 35.6 Å². The number of hydrogen-bond donors (Lipinski definition) is 1. The van der Waals surface area contributed by atoms with Crippen LogP contribution in [0.15, 0.2) is 60.7 Å². The van der Waals surface area contributed by atoms with Crippen molar-refractivity contribution in [3.8, 4) is 0 Å². The first-order valence-corrected chi connectivity index (χ1v) is 9.41. The summed E-state index contributed by atoms with van der Waals surface area (Å²) in [7, 11) is 0. The lowest BCUT2D eigenvalue weighted by atomic mass is 10.2. The Bertz CT molecular complexity index is 755. The molecular formula is C22H26FN3O. The molecule has 0 atom stereocenters. The van der Waals surface area contributed by atoms with Gasteiger partial charge in [0.1, 0.15) is 5.82 Å². The van der Waals surface area contributed by atoms with Gasteiger partial charge in [-0.1, -0.05) is 48.6 Å². The van der Waals surface area contributed by atoms with Crippen LogP contribution in [0.3, 0.4) is 0 Å². The van der Waals surface area contributed by atoms with Gasteiger partial charge in [-0.2, -0.15) is 0 Å². The molecule has 1 heterocycles. The summed E-state index contributed by atoms with van der Waals surface area (Å²) < 4.78 is 13.1. The highest BCUT2D eigenvalue weighted by atomic mass is 19.1. The number of anilines is 1. The number of benzene rings is 2. The number of hydrogen-bond acceptors (Lipinski definition) is 3. The Labute approximate surface area is 160 Å². The van der Waals surface area contributed by atoms with E-state index < -0.39 is 0 Å². The third-order valence-corrected chi connectivity index (χ3v) is 4.70. The van der Waals surface area contributed by atoms with Crippen LogP contribution in [0.1, 0.15) is 12.0 Å². The number of halogens is 1. The number of nitrogens with zero attached hydrogens (tertiary/aromatic N) is 2. The molecule has 4 nitrogen and oxygen atoms in total. The molecule has 0 unspecified atom stereocenters. The summed E-state index contributed by atoms with van der Waals surface area (Å²) in [6, 6.07) is 16.3. The molecule has 1 aliphatic heterocycles. The summed E-state index contributed by atoms with van der Waals surface area (Å²) >= 11 is 0. The molecule has 0 saturated carbocycles. The van der Waals surface area contributed by atoms with E-state index >= 15 is 0 Å². The summed E-state index contributed by atoms with van der Waals surface area (Å²) in [5.41, 5.74) is 1.73. The molecule has 5 heteroatoms. The molecule has 1 amide bonds.